The van der Waals surface area contributed by atoms with Gasteiger partial charge in [-0.05, 0) is 67.6 Å². The van der Waals surface area contributed by atoms with E-state index in [1.54, 1.807) is 18.0 Å². The van der Waals surface area contributed by atoms with Gasteiger partial charge in [0, 0.05) is 28.8 Å². The molecule has 0 unspecified atom stereocenters. The quantitative estimate of drug-likeness (QED) is 0.357. The molecule has 0 amide bonds. The third-order valence-corrected chi connectivity index (χ3v) is 7.24. The molecule has 0 aliphatic heterocycles. The number of nitrogens with zero attached hydrogens (tertiary/aromatic N) is 4. The average Bonchev–Trinajstić information content (AvgIpc) is 3.42. The van der Waals surface area contributed by atoms with E-state index in [1.807, 2.05) is 18.5 Å². The Morgan fingerprint density at radius 2 is 1.88 bits per heavy atom. The predicted octanol–water partition coefficient (Wildman–Crippen LogP) is 6.72. The van der Waals surface area contributed by atoms with Gasteiger partial charge in [-0.1, -0.05) is 27.7 Å². The lowest BCUT2D eigenvalue weighted by atomic mass is 9.77. The number of aromatic amines is 1. The molecule has 1 saturated carbocycles. The van der Waals surface area contributed by atoms with Crippen molar-refractivity contribution >= 4 is 16.6 Å². The van der Waals surface area contributed by atoms with Crippen LogP contribution in [0.1, 0.15) is 82.9 Å². The molecule has 0 saturated heterocycles. The van der Waals surface area contributed by atoms with Crippen LogP contribution in [-0.4, -0.2) is 31.7 Å². The summed E-state index contributed by atoms with van der Waals surface area (Å²) >= 11 is 0. The molecule has 6 nitrogen and oxygen atoms in total. The topological polar surface area (TPSA) is 68.1 Å². The summed E-state index contributed by atoms with van der Waals surface area (Å²) in [6.07, 6.45) is 12.1. The Morgan fingerprint density at radius 1 is 1.09 bits per heavy atom. The van der Waals surface area contributed by atoms with Gasteiger partial charge in [0.2, 0.25) is 0 Å². The molecular formula is C27H35N5O. The van der Waals surface area contributed by atoms with E-state index in [9.17, 15) is 0 Å². The van der Waals surface area contributed by atoms with Crippen molar-refractivity contribution in [2.45, 2.75) is 71.6 Å². The molecule has 0 aromatic carbocycles. The first-order valence-corrected chi connectivity index (χ1v) is 12.3. The molecule has 4 heterocycles. The fourth-order valence-electron chi connectivity index (χ4n) is 5.72. The van der Waals surface area contributed by atoms with E-state index < -0.39 is 0 Å². The zero-order chi connectivity index (χ0) is 23.1. The number of aromatic nitrogens is 5. The van der Waals surface area contributed by atoms with Crippen LogP contribution in [0.25, 0.3) is 27.8 Å². The summed E-state index contributed by atoms with van der Waals surface area (Å²) in [6.45, 7) is 9.20. The third-order valence-electron chi connectivity index (χ3n) is 7.24. The van der Waals surface area contributed by atoms with Crippen molar-refractivity contribution in [3.8, 4) is 17.0 Å². The van der Waals surface area contributed by atoms with E-state index >= 15 is 0 Å². The van der Waals surface area contributed by atoms with Gasteiger partial charge in [0.25, 0.3) is 0 Å². The summed E-state index contributed by atoms with van der Waals surface area (Å²) in [4.78, 5) is 12.9. The fraction of sp³-hybridized carbons (Fsp3) is 0.519. The maximum Gasteiger partial charge on any atom is 0.197 e. The minimum absolute atomic E-state index is 0.364. The van der Waals surface area contributed by atoms with Crippen LogP contribution < -0.4 is 4.74 Å². The molecule has 4 aromatic heterocycles. The highest BCUT2D eigenvalue weighted by atomic mass is 16.5. The second-order valence-electron chi connectivity index (χ2n) is 10.4. The summed E-state index contributed by atoms with van der Waals surface area (Å²) in [5.74, 6) is 3.33. The van der Waals surface area contributed by atoms with Gasteiger partial charge in [-0.25, -0.2) is 9.50 Å². The van der Waals surface area contributed by atoms with Gasteiger partial charge >= 0.3 is 0 Å². The zero-order valence-corrected chi connectivity index (χ0v) is 20.4. The van der Waals surface area contributed by atoms with E-state index in [4.69, 9.17) is 9.72 Å². The number of methoxy groups -OCH3 is 1. The molecule has 1 aliphatic carbocycles. The molecular weight excluding hydrogens is 410 g/mol. The zero-order valence-electron chi connectivity index (χ0n) is 20.4. The summed E-state index contributed by atoms with van der Waals surface area (Å²) in [5, 5.41) is 5.62. The lowest BCUT2D eigenvalue weighted by Gasteiger charge is -2.29. The Morgan fingerprint density at radius 3 is 2.58 bits per heavy atom. The number of ether oxygens (including phenoxy) is 1. The van der Waals surface area contributed by atoms with Crippen LogP contribution >= 0.6 is 0 Å². The van der Waals surface area contributed by atoms with Gasteiger partial charge < -0.3 is 9.72 Å². The highest BCUT2D eigenvalue weighted by Crippen LogP contribution is 2.41. The molecule has 4 aromatic rings. The van der Waals surface area contributed by atoms with Gasteiger partial charge in [0.15, 0.2) is 11.4 Å². The average molecular weight is 446 g/mol. The number of pyridine rings is 2. The molecule has 1 fully saturated rings. The number of rotatable bonds is 6. The highest BCUT2D eigenvalue weighted by molar-refractivity contribution is 5.91. The molecule has 174 valence electrons. The minimum atomic E-state index is 0.364. The van der Waals surface area contributed by atoms with Crippen molar-refractivity contribution in [3.63, 3.8) is 0 Å². The molecule has 0 spiro atoms. The first-order valence-electron chi connectivity index (χ1n) is 12.3. The number of hydrogen-bond acceptors (Lipinski definition) is 4. The van der Waals surface area contributed by atoms with E-state index in [1.165, 1.54) is 48.7 Å². The smallest absolute Gasteiger partial charge is 0.197 e. The van der Waals surface area contributed by atoms with Crippen molar-refractivity contribution in [2.24, 2.45) is 11.8 Å². The SMILES string of the molecule is COc1cc(-c2[nH]c3cnc(C4CCC(CC(C)C)CC4)cc3c2C(C)C)cn2ncnc12. The van der Waals surface area contributed by atoms with Crippen molar-refractivity contribution < 1.29 is 4.74 Å². The first kappa shape index (κ1) is 21.9. The van der Waals surface area contributed by atoms with Gasteiger partial charge in [0.05, 0.1) is 24.5 Å². The molecule has 1 aliphatic rings. The number of H-pyrrole nitrogens is 1. The predicted molar refractivity (Wildman–Crippen MR) is 133 cm³/mol. The molecule has 0 bridgehead atoms. The second-order valence-corrected chi connectivity index (χ2v) is 10.4. The highest BCUT2D eigenvalue weighted by Gasteiger charge is 2.25. The Hall–Kier alpha value is -2.89. The van der Waals surface area contributed by atoms with E-state index in [2.05, 4.69) is 48.8 Å². The normalized spacial score (nSPS) is 19.2. The Bertz CT molecular complexity index is 1260. The Kier molecular flexibility index (Phi) is 5.85. The molecule has 33 heavy (non-hydrogen) atoms. The Balaban J connectivity index is 1.53. The van der Waals surface area contributed by atoms with E-state index in [-0.39, 0.29) is 0 Å². The van der Waals surface area contributed by atoms with Gasteiger partial charge in [-0.15, -0.1) is 0 Å². The van der Waals surface area contributed by atoms with Gasteiger partial charge in [-0.2, -0.15) is 5.10 Å². The number of nitrogens with one attached hydrogen (secondary N) is 1. The van der Waals surface area contributed by atoms with Crippen LogP contribution in [0.2, 0.25) is 0 Å². The van der Waals surface area contributed by atoms with Crippen LogP contribution in [0, 0.1) is 11.8 Å². The van der Waals surface area contributed by atoms with Crippen LogP contribution in [0.4, 0.5) is 0 Å². The largest absolute Gasteiger partial charge is 0.493 e. The molecule has 0 radical (unpaired) electrons. The summed E-state index contributed by atoms with van der Waals surface area (Å²) in [6, 6.07) is 4.40. The lowest BCUT2D eigenvalue weighted by molar-refractivity contribution is 0.281. The summed E-state index contributed by atoms with van der Waals surface area (Å²) in [7, 11) is 1.68. The number of hydrogen-bond donors (Lipinski definition) is 1. The molecule has 6 heteroatoms. The van der Waals surface area contributed by atoms with Crippen LogP contribution in [0.3, 0.4) is 0 Å². The van der Waals surface area contributed by atoms with Crippen LogP contribution in [-0.2, 0) is 0 Å². The second kappa shape index (κ2) is 8.81. The number of fused-ring (bicyclic) bond motifs is 2. The van der Waals surface area contributed by atoms with Crippen molar-refractivity contribution in [1.82, 2.24) is 24.6 Å². The van der Waals surface area contributed by atoms with Crippen LogP contribution in [0.5, 0.6) is 5.75 Å². The first-order chi connectivity index (χ1) is 15.9. The standard InChI is InChI=1S/C27H35N5O/c1-16(2)10-18-6-8-19(9-7-18)22-12-21-23(13-28-22)31-26(25(21)17(3)4)20-11-24(33-5)27-29-15-30-32(27)14-20/h11-19,31H,6-10H2,1-5H3. The summed E-state index contributed by atoms with van der Waals surface area (Å²) in [5.41, 5.74) is 6.53. The monoisotopic (exact) mass is 445 g/mol. The lowest BCUT2D eigenvalue weighted by Crippen LogP contribution is -2.15. The summed E-state index contributed by atoms with van der Waals surface area (Å²) < 4.78 is 7.38. The van der Waals surface area contributed by atoms with Gasteiger partial charge in [-0.3, -0.25) is 4.98 Å². The third kappa shape index (κ3) is 4.11. The van der Waals surface area contributed by atoms with E-state index in [0.717, 1.165) is 40.0 Å². The van der Waals surface area contributed by atoms with Crippen molar-refractivity contribution in [1.29, 1.82) is 0 Å². The maximum absolute atomic E-state index is 5.60. The van der Waals surface area contributed by atoms with Crippen LogP contribution in [0.15, 0.2) is 30.9 Å². The fourth-order valence-corrected chi connectivity index (χ4v) is 5.72. The maximum atomic E-state index is 5.60. The van der Waals surface area contributed by atoms with Gasteiger partial charge in [0.1, 0.15) is 6.33 Å². The van der Waals surface area contributed by atoms with E-state index in [0.29, 0.717) is 11.8 Å². The van der Waals surface area contributed by atoms with Crippen molar-refractivity contribution in [2.75, 3.05) is 7.11 Å². The Labute approximate surface area is 195 Å². The minimum Gasteiger partial charge on any atom is -0.493 e. The molecule has 5 rings (SSSR count). The molecule has 0 atom stereocenters. The van der Waals surface area contributed by atoms with Crippen molar-refractivity contribution in [3.05, 3.63) is 42.1 Å². The molecule has 1 N–H and O–H groups in total.